The van der Waals surface area contributed by atoms with Crippen LogP contribution < -0.4 is 0 Å². The summed E-state index contributed by atoms with van der Waals surface area (Å²) in [7, 11) is 1.86. The van der Waals surface area contributed by atoms with E-state index >= 15 is 0 Å². The minimum Gasteiger partial charge on any atom is -0.274 e. The lowest BCUT2D eigenvalue weighted by Gasteiger charge is -1.97. The maximum Gasteiger partial charge on any atom is 0.111 e. The lowest BCUT2D eigenvalue weighted by molar-refractivity contribution is 0.771. The van der Waals surface area contributed by atoms with E-state index in [4.69, 9.17) is 11.6 Å². The molecule has 2 rings (SSSR count). The van der Waals surface area contributed by atoms with Gasteiger partial charge in [-0.2, -0.15) is 5.10 Å². The molecule has 14 heavy (non-hydrogen) atoms. The molecule has 0 aliphatic carbocycles. The van der Waals surface area contributed by atoms with Gasteiger partial charge in [0.1, 0.15) is 5.69 Å². The first-order chi connectivity index (χ1) is 6.66. The van der Waals surface area contributed by atoms with Gasteiger partial charge in [0.05, 0.1) is 5.02 Å². The normalized spacial score (nSPS) is 10.5. The Morgan fingerprint density at radius 2 is 1.93 bits per heavy atom. The molecule has 2 nitrogen and oxygen atoms in total. The van der Waals surface area contributed by atoms with E-state index in [0.717, 1.165) is 11.3 Å². The van der Waals surface area contributed by atoms with Gasteiger partial charge in [-0.05, 0) is 34.7 Å². The van der Waals surface area contributed by atoms with Gasteiger partial charge in [0.25, 0.3) is 0 Å². The van der Waals surface area contributed by atoms with Gasteiger partial charge in [0.2, 0.25) is 0 Å². The zero-order chi connectivity index (χ0) is 10.1. The Kier molecular flexibility index (Phi) is 2.78. The molecule has 0 saturated heterocycles. The zero-order valence-corrected chi connectivity index (χ0v) is 10.5. The highest BCUT2D eigenvalue weighted by Crippen LogP contribution is 2.26. The van der Waals surface area contributed by atoms with Gasteiger partial charge in [0.15, 0.2) is 0 Å². The number of hydrogen-bond acceptors (Lipinski definition) is 1. The van der Waals surface area contributed by atoms with E-state index in [1.807, 2.05) is 31.3 Å². The van der Waals surface area contributed by atoms with E-state index in [0.29, 0.717) is 5.02 Å². The largest absolute Gasteiger partial charge is 0.274 e. The van der Waals surface area contributed by atoms with Crippen molar-refractivity contribution in [3.63, 3.8) is 0 Å². The summed E-state index contributed by atoms with van der Waals surface area (Å²) in [4.78, 5) is 0. The second kappa shape index (κ2) is 3.90. The van der Waals surface area contributed by atoms with Crippen LogP contribution in [0.25, 0.3) is 11.3 Å². The third-order valence-electron chi connectivity index (χ3n) is 1.90. The van der Waals surface area contributed by atoms with Gasteiger partial charge in [-0.25, -0.2) is 0 Å². The molecular formula is C10H8ClIN2. The van der Waals surface area contributed by atoms with Crippen molar-refractivity contribution in [1.29, 1.82) is 0 Å². The molecule has 0 aliphatic rings. The van der Waals surface area contributed by atoms with Gasteiger partial charge in [-0.3, -0.25) is 4.68 Å². The van der Waals surface area contributed by atoms with Crippen LogP contribution in [0.3, 0.4) is 0 Å². The monoisotopic (exact) mass is 318 g/mol. The van der Waals surface area contributed by atoms with Crippen molar-refractivity contribution in [1.82, 2.24) is 9.78 Å². The standard InChI is InChI=1S/C10H8ClIN2/c1-14-6-9(11)10(13-14)7-2-4-8(12)5-3-7/h2-6H,1H3. The average molecular weight is 319 g/mol. The van der Waals surface area contributed by atoms with E-state index < -0.39 is 0 Å². The molecule has 72 valence electrons. The molecular weight excluding hydrogens is 310 g/mol. The third-order valence-corrected chi connectivity index (χ3v) is 2.90. The van der Waals surface area contributed by atoms with Crippen molar-refractivity contribution < 1.29 is 0 Å². The van der Waals surface area contributed by atoms with Crippen LogP contribution in [-0.2, 0) is 7.05 Å². The van der Waals surface area contributed by atoms with Crippen LogP contribution in [0.2, 0.25) is 5.02 Å². The van der Waals surface area contributed by atoms with Crippen LogP contribution in [0.4, 0.5) is 0 Å². The fourth-order valence-corrected chi connectivity index (χ4v) is 1.91. The Morgan fingerprint density at radius 1 is 1.29 bits per heavy atom. The van der Waals surface area contributed by atoms with Gasteiger partial charge < -0.3 is 0 Å². The molecule has 1 aromatic heterocycles. The number of halogens is 2. The van der Waals surface area contributed by atoms with Gasteiger partial charge >= 0.3 is 0 Å². The second-order valence-electron chi connectivity index (χ2n) is 3.01. The summed E-state index contributed by atoms with van der Waals surface area (Å²) in [6.45, 7) is 0. The van der Waals surface area contributed by atoms with Crippen LogP contribution in [0, 0.1) is 3.57 Å². The first-order valence-corrected chi connectivity index (χ1v) is 5.57. The Morgan fingerprint density at radius 3 is 2.43 bits per heavy atom. The molecule has 1 aromatic carbocycles. The Labute approximate surface area is 101 Å². The van der Waals surface area contributed by atoms with E-state index in [-0.39, 0.29) is 0 Å². The molecule has 0 spiro atoms. The molecule has 0 atom stereocenters. The number of aryl methyl sites for hydroxylation is 1. The number of benzene rings is 1. The van der Waals surface area contributed by atoms with Crippen molar-refractivity contribution >= 4 is 34.2 Å². The van der Waals surface area contributed by atoms with Gasteiger partial charge in [0, 0.05) is 22.4 Å². The summed E-state index contributed by atoms with van der Waals surface area (Å²) < 4.78 is 2.92. The van der Waals surface area contributed by atoms with Crippen molar-refractivity contribution in [2.24, 2.45) is 7.05 Å². The highest BCUT2D eigenvalue weighted by molar-refractivity contribution is 14.1. The third kappa shape index (κ3) is 1.93. The second-order valence-corrected chi connectivity index (χ2v) is 4.66. The molecule has 2 aromatic rings. The number of nitrogens with zero attached hydrogens (tertiary/aromatic N) is 2. The molecule has 0 bridgehead atoms. The Hall–Kier alpha value is -0.550. The van der Waals surface area contributed by atoms with Crippen LogP contribution in [0.1, 0.15) is 0 Å². The molecule has 0 unspecified atom stereocenters. The summed E-state index contributed by atoms with van der Waals surface area (Å²) in [5, 5.41) is 4.98. The average Bonchev–Trinajstić information content (AvgIpc) is 2.47. The SMILES string of the molecule is Cn1cc(Cl)c(-c2ccc(I)cc2)n1. The summed E-state index contributed by atoms with van der Waals surface area (Å²) in [6.07, 6.45) is 1.80. The molecule has 4 heteroatoms. The molecule has 0 amide bonds. The van der Waals surface area contributed by atoms with Crippen molar-refractivity contribution in [3.05, 3.63) is 39.1 Å². The molecule has 0 saturated carbocycles. The predicted octanol–water partition coefficient (Wildman–Crippen LogP) is 3.35. The minimum absolute atomic E-state index is 0.689. The van der Waals surface area contributed by atoms with Crippen molar-refractivity contribution in [2.45, 2.75) is 0 Å². The van der Waals surface area contributed by atoms with Crippen molar-refractivity contribution in [3.8, 4) is 11.3 Å². The molecule has 0 N–H and O–H groups in total. The van der Waals surface area contributed by atoms with Gasteiger partial charge in [-0.15, -0.1) is 0 Å². The summed E-state index contributed by atoms with van der Waals surface area (Å²) in [6, 6.07) is 8.13. The van der Waals surface area contributed by atoms with Crippen LogP contribution in [0.15, 0.2) is 30.5 Å². The summed E-state index contributed by atoms with van der Waals surface area (Å²) >= 11 is 8.31. The van der Waals surface area contributed by atoms with E-state index in [2.05, 4.69) is 27.7 Å². The molecule has 0 aliphatic heterocycles. The van der Waals surface area contributed by atoms with Crippen LogP contribution in [-0.4, -0.2) is 9.78 Å². The number of hydrogen-bond donors (Lipinski definition) is 0. The highest BCUT2D eigenvalue weighted by Gasteiger charge is 2.07. The topological polar surface area (TPSA) is 17.8 Å². The van der Waals surface area contributed by atoms with Crippen molar-refractivity contribution in [2.75, 3.05) is 0 Å². The van der Waals surface area contributed by atoms with E-state index in [9.17, 15) is 0 Å². The summed E-state index contributed by atoms with van der Waals surface area (Å²) in [5.41, 5.74) is 1.89. The first-order valence-electron chi connectivity index (χ1n) is 4.12. The highest BCUT2D eigenvalue weighted by atomic mass is 127. The predicted molar refractivity (Wildman–Crippen MR) is 66.4 cm³/mol. The Bertz CT molecular complexity index is 448. The quantitative estimate of drug-likeness (QED) is 0.737. The maximum atomic E-state index is 6.03. The lowest BCUT2D eigenvalue weighted by atomic mass is 10.2. The summed E-state index contributed by atoms with van der Waals surface area (Å²) in [5.74, 6) is 0. The fourth-order valence-electron chi connectivity index (χ4n) is 1.26. The molecule has 0 fully saturated rings. The minimum atomic E-state index is 0.689. The first kappa shape index (κ1) is 9.98. The van der Waals surface area contributed by atoms with Crippen LogP contribution in [0.5, 0.6) is 0 Å². The Balaban J connectivity index is 2.49. The lowest BCUT2D eigenvalue weighted by Crippen LogP contribution is -1.87. The van der Waals surface area contributed by atoms with Gasteiger partial charge in [-0.1, -0.05) is 23.7 Å². The van der Waals surface area contributed by atoms with E-state index in [1.165, 1.54) is 3.57 Å². The smallest absolute Gasteiger partial charge is 0.111 e. The van der Waals surface area contributed by atoms with Crippen LogP contribution >= 0.6 is 34.2 Å². The number of aromatic nitrogens is 2. The molecule has 0 radical (unpaired) electrons. The molecule has 1 heterocycles. The number of rotatable bonds is 1. The van der Waals surface area contributed by atoms with E-state index in [1.54, 1.807) is 10.9 Å². The zero-order valence-electron chi connectivity index (χ0n) is 7.54. The maximum absolute atomic E-state index is 6.03. The fraction of sp³-hybridized carbons (Fsp3) is 0.100.